The van der Waals surface area contributed by atoms with Crippen molar-refractivity contribution >= 4 is 28.8 Å². The number of para-hydroxylation sites is 1. The first-order valence-corrected chi connectivity index (χ1v) is 7.98. The lowest BCUT2D eigenvalue weighted by Crippen LogP contribution is -2.42. The summed E-state index contributed by atoms with van der Waals surface area (Å²) in [5.41, 5.74) is 1.95. The van der Waals surface area contributed by atoms with Crippen LogP contribution in [0.25, 0.3) is 0 Å². The first-order chi connectivity index (χ1) is 10.6. The van der Waals surface area contributed by atoms with E-state index in [1.165, 1.54) is 11.3 Å². The molecule has 3 rings (SSSR count). The molecule has 22 heavy (non-hydrogen) atoms. The molecule has 2 aromatic rings. The summed E-state index contributed by atoms with van der Waals surface area (Å²) >= 11 is 1.51. The molecule has 1 N–H and O–H groups in total. The number of thiazole rings is 1. The number of hydrogen-bond acceptors (Lipinski definition) is 4. The zero-order chi connectivity index (χ0) is 15.7. The summed E-state index contributed by atoms with van der Waals surface area (Å²) in [7, 11) is 0. The lowest BCUT2D eigenvalue weighted by molar-refractivity contribution is -0.137. The molecule has 0 saturated carbocycles. The fourth-order valence-electron chi connectivity index (χ4n) is 2.67. The maximum absolute atomic E-state index is 12.4. The topological polar surface area (TPSA) is 62.3 Å². The van der Waals surface area contributed by atoms with E-state index in [1.54, 1.807) is 11.1 Å². The Labute approximate surface area is 133 Å². The van der Waals surface area contributed by atoms with Crippen LogP contribution in [-0.4, -0.2) is 23.3 Å². The number of hydrogen-bond donors (Lipinski definition) is 1. The van der Waals surface area contributed by atoms with Crippen LogP contribution < -0.4 is 10.2 Å². The van der Waals surface area contributed by atoms with Crippen molar-refractivity contribution in [2.24, 2.45) is 0 Å². The van der Waals surface area contributed by atoms with Crippen LogP contribution in [0.1, 0.15) is 28.3 Å². The molecule has 5 nitrogen and oxygen atoms in total. The summed E-state index contributed by atoms with van der Waals surface area (Å²) in [5.74, 6) is -0.829. The number of carbonyl (C=O) groups excluding carboxylic acids is 2. The number of nitrogens with zero attached hydrogens (tertiary/aromatic N) is 2. The minimum atomic E-state index is -0.574. The highest BCUT2D eigenvalue weighted by Gasteiger charge is 2.32. The van der Waals surface area contributed by atoms with Gasteiger partial charge in [0.2, 0.25) is 0 Å². The Morgan fingerprint density at radius 2 is 2.18 bits per heavy atom. The number of anilines is 1. The monoisotopic (exact) mass is 315 g/mol. The SMILES string of the molecule is Cc1ncc(CNC(=O)C(=O)N2C[C@@H](C)c3ccccc32)s1. The number of carbonyl (C=O) groups is 2. The van der Waals surface area contributed by atoms with Gasteiger partial charge >= 0.3 is 11.8 Å². The van der Waals surface area contributed by atoms with Crippen LogP contribution in [0.3, 0.4) is 0 Å². The molecule has 6 heteroatoms. The fourth-order valence-corrected chi connectivity index (χ4v) is 3.40. The van der Waals surface area contributed by atoms with E-state index < -0.39 is 11.8 Å². The van der Waals surface area contributed by atoms with Crippen LogP contribution in [0.15, 0.2) is 30.5 Å². The zero-order valence-electron chi connectivity index (χ0n) is 12.5. The van der Waals surface area contributed by atoms with Crippen LogP contribution in [0.2, 0.25) is 0 Å². The Bertz CT molecular complexity index is 726. The molecule has 0 saturated heterocycles. The number of benzene rings is 1. The van der Waals surface area contributed by atoms with Crippen LogP contribution in [0.4, 0.5) is 5.69 Å². The molecule has 0 unspecified atom stereocenters. The van der Waals surface area contributed by atoms with Gasteiger partial charge in [0.1, 0.15) is 0 Å². The van der Waals surface area contributed by atoms with Crippen molar-refractivity contribution < 1.29 is 9.59 Å². The smallest absolute Gasteiger partial charge is 0.316 e. The first kappa shape index (κ1) is 14.7. The van der Waals surface area contributed by atoms with E-state index in [0.29, 0.717) is 13.1 Å². The van der Waals surface area contributed by atoms with Crippen molar-refractivity contribution in [3.63, 3.8) is 0 Å². The van der Waals surface area contributed by atoms with Crippen LogP contribution in [0.5, 0.6) is 0 Å². The Kier molecular flexibility index (Phi) is 3.94. The molecule has 2 heterocycles. The normalized spacial score (nSPS) is 16.5. The Hall–Kier alpha value is -2.21. The van der Waals surface area contributed by atoms with Gasteiger partial charge in [-0.05, 0) is 18.6 Å². The first-order valence-electron chi connectivity index (χ1n) is 7.16. The Morgan fingerprint density at radius 3 is 2.91 bits per heavy atom. The summed E-state index contributed by atoms with van der Waals surface area (Å²) in [5, 5.41) is 3.62. The van der Waals surface area contributed by atoms with Crippen molar-refractivity contribution in [1.29, 1.82) is 0 Å². The van der Waals surface area contributed by atoms with Gasteiger partial charge in [-0.2, -0.15) is 0 Å². The number of nitrogens with one attached hydrogen (secondary N) is 1. The minimum Gasteiger partial charge on any atom is -0.343 e. The van der Waals surface area contributed by atoms with Gasteiger partial charge in [0.05, 0.1) is 11.6 Å². The third kappa shape index (κ3) is 2.74. The highest BCUT2D eigenvalue weighted by molar-refractivity contribution is 7.11. The number of aromatic nitrogens is 1. The lowest BCUT2D eigenvalue weighted by atomic mass is 10.0. The molecule has 1 aromatic carbocycles. The van der Waals surface area contributed by atoms with E-state index in [4.69, 9.17) is 0 Å². The molecule has 1 aliphatic rings. The quantitative estimate of drug-likeness (QED) is 0.864. The molecule has 0 spiro atoms. The summed E-state index contributed by atoms with van der Waals surface area (Å²) < 4.78 is 0. The summed E-state index contributed by atoms with van der Waals surface area (Å²) in [6.45, 7) is 4.85. The van der Waals surface area contributed by atoms with Gasteiger partial charge in [0.15, 0.2) is 0 Å². The lowest BCUT2D eigenvalue weighted by Gasteiger charge is -2.16. The van der Waals surface area contributed by atoms with Gasteiger partial charge in [0, 0.05) is 29.2 Å². The number of rotatable bonds is 2. The number of aryl methyl sites for hydroxylation is 1. The van der Waals surface area contributed by atoms with Gasteiger partial charge in [-0.25, -0.2) is 4.98 Å². The third-order valence-corrected chi connectivity index (χ3v) is 4.66. The van der Waals surface area contributed by atoms with Crippen molar-refractivity contribution in [3.05, 3.63) is 45.9 Å². The summed E-state index contributed by atoms with van der Waals surface area (Å²) in [4.78, 5) is 31.1. The standard InChI is InChI=1S/C16H17N3O2S/c1-10-9-19(14-6-4-3-5-13(10)14)16(21)15(20)18-8-12-7-17-11(2)22-12/h3-7,10H,8-9H2,1-2H3,(H,18,20)/t10-/m1/s1. The van der Waals surface area contributed by atoms with Crippen molar-refractivity contribution in [1.82, 2.24) is 10.3 Å². The van der Waals surface area contributed by atoms with Gasteiger partial charge < -0.3 is 10.2 Å². The molecular formula is C16H17N3O2S. The van der Waals surface area contributed by atoms with Crippen molar-refractivity contribution in [2.75, 3.05) is 11.4 Å². The number of amides is 2. The van der Waals surface area contributed by atoms with Crippen molar-refractivity contribution in [3.8, 4) is 0 Å². The Balaban J connectivity index is 1.68. The van der Waals surface area contributed by atoms with Crippen molar-refractivity contribution in [2.45, 2.75) is 26.3 Å². The fraction of sp³-hybridized carbons (Fsp3) is 0.312. The molecule has 0 fully saturated rings. The average Bonchev–Trinajstić information content (AvgIpc) is 3.08. The second-order valence-corrected chi connectivity index (χ2v) is 6.72. The highest BCUT2D eigenvalue weighted by atomic mass is 32.1. The van der Waals surface area contributed by atoms with E-state index in [1.807, 2.05) is 31.2 Å². The van der Waals surface area contributed by atoms with Crippen LogP contribution in [-0.2, 0) is 16.1 Å². The van der Waals surface area contributed by atoms with E-state index in [0.717, 1.165) is 21.1 Å². The molecular weight excluding hydrogens is 298 g/mol. The molecule has 1 aromatic heterocycles. The van der Waals surface area contributed by atoms with Gasteiger partial charge in [-0.3, -0.25) is 9.59 Å². The van der Waals surface area contributed by atoms with E-state index >= 15 is 0 Å². The summed E-state index contributed by atoms with van der Waals surface area (Å²) in [6.07, 6.45) is 1.72. The van der Waals surface area contributed by atoms with Crippen LogP contribution >= 0.6 is 11.3 Å². The molecule has 0 aliphatic carbocycles. The Morgan fingerprint density at radius 1 is 1.41 bits per heavy atom. The molecule has 114 valence electrons. The van der Waals surface area contributed by atoms with E-state index in [-0.39, 0.29) is 5.92 Å². The van der Waals surface area contributed by atoms with Crippen LogP contribution in [0, 0.1) is 6.92 Å². The van der Waals surface area contributed by atoms with E-state index in [9.17, 15) is 9.59 Å². The van der Waals surface area contributed by atoms with Gasteiger partial charge in [0.25, 0.3) is 0 Å². The predicted molar refractivity (Wildman–Crippen MR) is 85.9 cm³/mol. The molecule has 2 amide bonds. The maximum Gasteiger partial charge on any atom is 0.316 e. The second kappa shape index (κ2) is 5.88. The van der Waals surface area contributed by atoms with E-state index in [2.05, 4.69) is 17.2 Å². The van der Waals surface area contributed by atoms with Gasteiger partial charge in [-0.15, -0.1) is 11.3 Å². The molecule has 0 radical (unpaired) electrons. The van der Waals surface area contributed by atoms with Gasteiger partial charge in [-0.1, -0.05) is 25.1 Å². The maximum atomic E-state index is 12.4. The highest BCUT2D eigenvalue weighted by Crippen LogP contribution is 2.35. The third-order valence-electron chi connectivity index (χ3n) is 3.75. The molecule has 1 atom stereocenters. The second-order valence-electron chi connectivity index (χ2n) is 5.40. The zero-order valence-corrected chi connectivity index (χ0v) is 13.3. The number of fused-ring (bicyclic) bond motifs is 1. The molecule has 1 aliphatic heterocycles. The largest absolute Gasteiger partial charge is 0.343 e. The molecule has 0 bridgehead atoms. The minimum absolute atomic E-state index is 0.247. The summed E-state index contributed by atoms with van der Waals surface area (Å²) in [6, 6.07) is 7.73. The predicted octanol–water partition coefficient (Wildman–Crippen LogP) is 2.22. The average molecular weight is 315 g/mol.